The molecule has 0 bridgehead atoms. The largest absolute Gasteiger partial charge is 0.371 e. The van der Waals surface area contributed by atoms with Crippen LogP contribution in [-0.4, -0.2) is 43.8 Å². The van der Waals surface area contributed by atoms with Crippen molar-refractivity contribution in [2.75, 3.05) is 58.9 Å². The molecule has 7 aromatic carbocycles. The van der Waals surface area contributed by atoms with Crippen LogP contribution in [0.1, 0.15) is 127 Å². The van der Waals surface area contributed by atoms with E-state index in [4.69, 9.17) is 0 Å². The fourth-order valence-electron chi connectivity index (χ4n) is 14.6. The van der Waals surface area contributed by atoms with E-state index in [1.165, 1.54) is 165 Å². The zero-order chi connectivity index (χ0) is 49.8. The quantitative estimate of drug-likeness (QED) is 0.165. The molecule has 0 radical (unpaired) electrons. The third-order valence-electron chi connectivity index (χ3n) is 19.2. The third-order valence-corrected chi connectivity index (χ3v) is 19.2. The first-order valence-electron chi connectivity index (χ1n) is 28.0. The molecule has 6 aliphatic heterocycles. The van der Waals surface area contributed by atoms with Gasteiger partial charge in [-0.1, -0.05) is 97.9 Å². The number of para-hydroxylation sites is 1. The number of fused-ring (bicyclic) bond motifs is 3. The van der Waals surface area contributed by atoms with Crippen molar-refractivity contribution in [2.45, 2.75) is 128 Å². The minimum atomic E-state index is 0.101. The van der Waals surface area contributed by atoms with Gasteiger partial charge in [0.25, 0.3) is 0 Å². The Balaban J connectivity index is 0.911. The van der Waals surface area contributed by atoms with Gasteiger partial charge in [0.05, 0.1) is 11.0 Å². The second-order valence-corrected chi connectivity index (χ2v) is 25.6. The van der Waals surface area contributed by atoms with Gasteiger partial charge in [-0.25, -0.2) is 0 Å². The topological polar surface area (TPSA) is 17.9 Å². The first kappa shape index (κ1) is 45.2. The Morgan fingerprint density at radius 3 is 1.30 bits per heavy atom. The molecule has 0 unspecified atom stereocenters. The Morgan fingerprint density at radius 1 is 0.370 bits per heavy atom. The molecule has 0 spiro atoms. The van der Waals surface area contributed by atoms with Crippen LogP contribution in [0.15, 0.2) is 127 Å². The normalized spacial score (nSPS) is 19.6. The van der Waals surface area contributed by atoms with Crippen molar-refractivity contribution in [1.29, 1.82) is 0 Å². The van der Waals surface area contributed by atoms with Crippen LogP contribution in [0.5, 0.6) is 0 Å². The summed E-state index contributed by atoms with van der Waals surface area (Å²) in [4.78, 5) is 10.5. The van der Waals surface area contributed by atoms with Crippen LogP contribution in [0.4, 0.5) is 34.1 Å². The van der Waals surface area contributed by atoms with Gasteiger partial charge in [-0.2, -0.15) is 0 Å². The molecule has 5 heteroatoms. The van der Waals surface area contributed by atoms with Crippen molar-refractivity contribution in [3.63, 3.8) is 0 Å². The molecule has 370 valence electrons. The maximum Gasteiger partial charge on any atom is 0.0542 e. The van der Waals surface area contributed by atoms with Gasteiger partial charge in [0.2, 0.25) is 0 Å². The highest BCUT2D eigenvalue weighted by Crippen LogP contribution is 2.53. The van der Waals surface area contributed by atoms with Gasteiger partial charge < -0.3 is 24.2 Å². The molecule has 0 aliphatic carbocycles. The molecule has 0 fully saturated rings. The Morgan fingerprint density at radius 2 is 0.795 bits per heavy atom. The fraction of sp³-hybridized carbons (Fsp3) is 0.382. The van der Waals surface area contributed by atoms with Crippen LogP contribution < -0.4 is 19.6 Å². The molecule has 7 heterocycles. The van der Waals surface area contributed by atoms with Gasteiger partial charge in [0.1, 0.15) is 0 Å². The SMILES string of the molecule is CC1(C)CCN2CCC(C)(C)c3cc(-c4ccc(N(c5ccc(-c6cc7c8c(c6)CCCN8CCC7)cc5)c5ccc6c(c5)c5ccccc5n6-c5cc6c7c(c5)C(C)(C)CCN7CCC6(C)C)cc4)cc1c32. The molecule has 6 aliphatic rings. The summed E-state index contributed by atoms with van der Waals surface area (Å²) in [6.45, 7) is 26.7. The average molecular weight is 960 g/mol. The fourth-order valence-corrected chi connectivity index (χ4v) is 14.6. The predicted molar refractivity (Wildman–Crippen MR) is 310 cm³/mol. The number of benzene rings is 7. The van der Waals surface area contributed by atoms with Crippen molar-refractivity contribution in [3.8, 4) is 27.9 Å². The second-order valence-electron chi connectivity index (χ2n) is 25.6. The van der Waals surface area contributed by atoms with Crippen molar-refractivity contribution < 1.29 is 0 Å². The van der Waals surface area contributed by atoms with Crippen molar-refractivity contribution in [1.82, 2.24) is 4.57 Å². The highest BCUT2D eigenvalue weighted by Gasteiger charge is 2.42. The lowest BCUT2D eigenvalue weighted by Gasteiger charge is -2.48. The lowest BCUT2D eigenvalue weighted by Crippen LogP contribution is -2.44. The molecular weight excluding hydrogens is 887 g/mol. The van der Waals surface area contributed by atoms with Crippen molar-refractivity contribution >= 4 is 55.9 Å². The predicted octanol–water partition coefficient (Wildman–Crippen LogP) is 16.6. The number of rotatable bonds is 6. The van der Waals surface area contributed by atoms with Gasteiger partial charge in [0, 0.05) is 89.9 Å². The third kappa shape index (κ3) is 7.06. The summed E-state index contributed by atoms with van der Waals surface area (Å²) >= 11 is 0. The highest BCUT2D eigenvalue weighted by atomic mass is 15.2. The molecule has 0 N–H and O–H groups in total. The standard InChI is InChI=1S/C68H73N5/c1-65(2)27-33-70-34-28-66(3,4)57-40-49(39-56(65)63(57)70)45-19-23-51(24-20-45)72(50-21-17-44(18-22-50)48-37-46-13-11-31-69-32-12-14-47(38-48)62(46)69)52-25-26-61-55(41-52)54-15-9-10-16-60(54)73(61)53-42-58-64-59(43-53)68(7,8)30-36-71(64)35-29-67(58,5)6/h9-10,15-26,37-43H,11-14,27-36H2,1-8H3. The van der Waals surface area contributed by atoms with Crippen molar-refractivity contribution in [3.05, 3.63) is 161 Å². The van der Waals surface area contributed by atoms with Gasteiger partial charge in [0.15, 0.2) is 0 Å². The Labute approximate surface area is 434 Å². The van der Waals surface area contributed by atoms with Gasteiger partial charge in [-0.05, 0) is 214 Å². The number of hydrogen-bond acceptors (Lipinski definition) is 4. The van der Waals surface area contributed by atoms with Crippen LogP contribution in [0, 0.1) is 0 Å². The van der Waals surface area contributed by atoms with E-state index in [2.05, 4.69) is 207 Å². The summed E-state index contributed by atoms with van der Waals surface area (Å²) in [6, 6.07) is 50.5. The molecule has 73 heavy (non-hydrogen) atoms. The number of aromatic nitrogens is 1. The van der Waals surface area contributed by atoms with E-state index in [0.717, 1.165) is 43.2 Å². The monoisotopic (exact) mass is 960 g/mol. The Hall–Kier alpha value is -6.46. The maximum absolute atomic E-state index is 2.69. The first-order valence-corrected chi connectivity index (χ1v) is 28.0. The Kier molecular flexibility index (Phi) is 9.91. The van der Waals surface area contributed by atoms with Crippen molar-refractivity contribution in [2.24, 2.45) is 0 Å². The van der Waals surface area contributed by atoms with E-state index < -0.39 is 0 Å². The van der Waals surface area contributed by atoms with Gasteiger partial charge in [-0.3, -0.25) is 0 Å². The molecule has 1 aromatic heterocycles. The van der Waals surface area contributed by atoms with E-state index in [1.807, 2.05) is 0 Å². The Bertz CT molecular complexity index is 3430. The average Bonchev–Trinajstić information content (AvgIpc) is 3.72. The van der Waals surface area contributed by atoms with E-state index in [9.17, 15) is 0 Å². The molecule has 0 saturated heterocycles. The number of aryl methyl sites for hydroxylation is 2. The number of nitrogens with zero attached hydrogens (tertiary/aromatic N) is 5. The lowest BCUT2D eigenvalue weighted by atomic mass is 9.69. The van der Waals surface area contributed by atoms with Crippen LogP contribution in [0.25, 0.3) is 49.7 Å². The minimum Gasteiger partial charge on any atom is -0.371 e. The molecule has 0 saturated carbocycles. The minimum absolute atomic E-state index is 0.101. The highest BCUT2D eigenvalue weighted by molar-refractivity contribution is 6.11. The summed E-state index contributed by atoms with van der Waals surface area (Å²) in [7, 11) is 0. The molecule has 8 aromatic rings. The molecule has 0 atom stereocenters. The van der Waals surface area contributed by atoms with E-state index in [-0.39, 0.29) is 21.7 Å². The van der Waals surface area contributed by atoms with Crippen LogP contribution in [0.2, 0.25) is 0 Å². The summed E-state index contributed by atoms with van der Waals surface area (Å²) in [5.74, 6) is 0. The van der Waals surface area contributed by atoms with Gasteiger partial charge >= 0.3 is 0 Å². The number of hydrogen-bond donors (Lipinski definition) is 0. The first-order chi connectivity index (χ1) is 35.1. The summed E-state index contributed by atoms with van der Waals surface area (Å²) in [5.41, 5.74) is 26.6. The summed E-state index contributed by atoms with van der Waals surface area (Å²) < 4.78 is 2.57. The van der Waals surface area contributed by atoms with Crippen LogP contribution in [0.3, 0.4) is 0 Å². The van der Waals surface area contributed by atoms with E-state index in [0.29, 0.717) is 0 Å². The smallest absolute Gasteiger partial charge is 0.0542 e. The second kappa shape index (κ2) is 16.0. The summed E-state index contributed by atoms with van der Waals surface area (Å²) in [6.07, 6.45) is 9.58. The van der Waals surface area contributed by atoms with Crippen LogP contribution >= 0.6 is 0 Å². The van der Waals surface area contributed by atoms with E-state index >= 15 is 0 Å². The zero-order valence-electron chi connectivity index (χ0n) is 44.8. The zero-order valence-corrected chi connectivity index (χ0v) is 44.8. The number of anilines is 6. The lowest BCUT2D eigenvalue weighted by molar-refractivity contribution is 0.401. The molecular formula is C68H73N5. The van der Waals surface area contributed by atoms with Crippen LogP contribution in [-0.2, 0) is 34.5 Å². The van der Waals surface area contributed by atoms with E-state index in [1.54, 1.807) is 0 Å². The molecule has 14 rings (SSSR count). The molecule has 0 amide bonds. The summed E-state index contributed by atoms with van der Waals surface area (Å²) in [5, 5.41) is 2.56. The maximum atomic E-state index is 2.69. The van der Waals surface area contributed by atoms with Gasteiger partial charge in [-0.15, -0.1) is 0 Å². The molecule has 5 nitrogen and oxygen atoms in total.